The average molecular weight is 658 g/mol. The number of alkyl halides is 2. The van der Waals surface area contributed by atoms with Crippen LogP contribution in [0.1, 0.15) is 10.4 Å². The number of esters is 1. The van der Waals surface area contributed by atoms with Crippen LogP contribution in [0.2, 0.25) is 0 Å². The molecule has 0 fully saturated rings. The minimum absolute atomic E-state index is 0.120. The fourth-order valence-electron chi connectivity index (χ4n) is 1.26. The fraction of sp³-hybridized carbons (Fsp3) is 0.300. The molecule has 1 N–H and O–H groups in total. The molecule has 1 aromatic carbocycles. The number of ether oxygens (including phenoxy) is 1. The highest BCUT2D eigenvalue weighted by molar-refractivity contribution is 14.1. The van der Waals surface area contributed by atoms with Gasteiger partial charge in [0.2, 0.25) is 0 Å². The quantitative estimate of drug-likeness (QED) is 0.228. The molecule has 1 rings (SSSR count). The van der Waals surface area contributed by atoms with Gasteiger partial charge in [0.15, 0.2) is 6.61 Å². The molecule has 11 heteroatoms. The molecule has 0 aliphatic rings. The highest BCUT2D eigenvalue weighted by atomic mass is 127. The maximum Gasteiger partial charge on any atom is 0.339 e. The smallest absolute Gasteiger partial charge is 0.339 e. The summed E-state index contributed by atoms with van der Waals surface area (Å²) in [5, 5.41) is 0. The first-order valence-corrected chi connectivity index (χ1v) is 9.90. The van der Waals surface area contributed by atoms with E-state index in [1.54, 1.807) is 6.07 Å². The molecule has 0 atom stereocenters. The highest BCUT2D eigenvalue weighted by Gasteiger charge is 2.37. The predicted octanol–water partition coefficient (Wildman–Crippen LogP) is 3.18. The molecule has 0 aliphatic carbocycles. The van der Waals surface area contributed by atoms with Crippen LogP contribution in [0.5, 0.6) is 0 Å². The third kappa shape index (κ3) is 6.74. The summed E-state index contributed by atoms with van der Waals surface area (Å²) in [5.74, 6) is -6.64. The third-order valence-electron chi connectivity index (χ3n) is 2.02. The Morgan fingerprint density at radius 2 is 1.86 bits per heavy atom. The van der Waals surface area contributed by atoms with E-state index in [1.807, 2.05) is 67.8 Å². The van der Waals surface area contributed by atoms with Crippen LogP contribution in [0.15, 0.2) is 12.1 Å². The van der Waals surface area contributed by atoms with E-state index >= 15 is 0 Å². The topological polar surface area (TPSA) is 80.7 Å². The van der Waals surface area contributed by atoms with E-state index in [-0.39, 0.29) is 5.56 Å². The number of rotatable bonds is 5. The van der Waals surface area contributed by atoms with Gasteiger partial charge in [0, 0.05) is 10.7 Å². The number of benzene rings is 1. The average Bonchev–Trinajstić information content (AvgIpc) is 2.27. The van der Waals surface area contributed by atoms with Crippen LogP contribution in [-0.2, 0) is 14.9 Å². The van der Waals surface area contributed by atoms with Crippen LogP contribution in [0.3, 0.4) is 0 Å². The largest absolute Gasteiger partial charge is 0.456 e. The molecule has 0 radical (unpaired) electrons. The van der Waals surface area contributed by atoms with Crippen molar-refractivity contribution >= 4 is 83.9 Å². The lowest BCUT2D eigenvalue weighted by Gasteiger charge is -2.15. The molecule has 5 nitrogen and oxygen atoms in total. The molecule has 0 bridgehead atoms. The van der Waals surface area contributed by atoms with Gasteiger partial charge in [0.05, 0.1) is 5.56 Å². The number of hydrogen-bond donors (Lipinski definition) is 1. The summed E-state index contributed by atoms with van der Waals surface area (Å²) < 4.78 is 62.2. The number of carbonyl (C=O) groups is 1. The van der Waals surface area contributed by atoms with Gasteiger partial charge < -0.3 is 4.74 Å². The van der Waals surface area contributed by atoms with Crippen molar-refractivity contribution in [1.29, 1.82) is 0 Å². The summed E-state index contributed by atoms with van der Waals surface area (Å²) in [7, 11) is -4.86. The van der Waals surface area contributed by atoms with Crippen LogP contribution >= 0.6 is 67.8 Å². The highest BCUT2D eigenvalue weighted by Crippen LogP contribution is 2.24. The second-order valence-electron chi connectivity index (χ2n) is 3.91. The third-order valence-corrected chi connectivity index (χ3v) is 6.48. The zero-order chi connectivity index (χ0) is 16.4. The van der Waals surface area contributed by atoms with Gasteiger partial charge in [0.1, 0.15) is 5.75 Å². The lowest BCUT2D eigenvalue weighted by Crippen LogP contribution is -2.33. The molecule has 0 saturated carbocycles. The molecule has 0 saturated heterocycles. The minimum atomic E-state index is -4.86. The van der Waals surface area contributed by atoms with E-state index in [2.05, 4.69) is 4.74 Å². The van der Waals surface area contributed by atoms with Gasteiger partial charge in [-0.25, -0.2) is 13.6 Å². The van der Waals surface area contributed by atoms with Crippen molar-refractivity contribution in [2.45, 2.75) is 5.92 Å². The van der Waals surface area contributed by atoms with Crippen molar-refractivity contribution in [3.63, 3.8) is 0 Å². The van der Waals surface area contributed by atoms with Gasteiger partial charge in [-0.1, -0.05) is 0 Å². The fourth-order valence-corrected chi connectivity index (χ4v) is 4.26. The summed E-state index contributed by atoms with van der Waals surface area (Å²) in [6.45, 7) is -1.43. The molecule has 0 amide bonds. The molecule has 21 heavy (non-hydrogen) atoms. The number of carbonyl (C=O) groups excluding carboxylic acids is 1. The van der Waals surface area contributed by atoms with E-state index in [0.29, 0.717) is 3.57 Å². The monoisotopic (exact) mass is 658 g/mol. The van der Waals surface area contributed by atoms with Gasteiger partial charge in [-0.15, -0.1) is 0 Å². The molecule has 0 aromatic heterocycles. The summed E-state index contributed by atoms with van der Waals surface area (Å²) in [6.07, 6.45) is 0. The minimum Gasteiger partial charge on any atom is -0.456 e. The Morgan fingerprint density at radius 1 is 1.29 bits per heavy atom. The van der Waals surface area contributed by atoms with E-state index in [9.17, 15) is 22.0 Å². The van der Waals surface area contributed by atoms with Crippen LogP contribution in [-0.4, -0.2) is 37.2 Å². The predicted molar refractivity (Wildman–Crippen MR) is 96.2 cm³/mol. The van der Waals surface area contributed by atoms with E-state index in [0.717, 1.165) is 7.14 Å². The van der Waals surface area contributed by atoms with Crippen molar-refractivity contribution < 1.29 is 31.3 Å². The molecular formula is C10H7F2I3O5S. The van der Waals surface area contributed by atoms with Gasteiger partial charge in [-0.3, -0.25) is 4.55 Å². The summed E-state index contributed by atoms with van der Waals surface area (Å²) in [6, 6.07) is 3.28. The lowest BCUT2D eigenvalue weighted by atomic mass is 10.2. The zero-order valence-corrected chi connectivity index (χ0v) is 17.2. The van der Waals surface area contributed by atoms with Crippen molar-refractivity contribution in [2.24, 2.45) is 0 Å². The standard InChI is InChI=1S/C10H7F2I3O5S/c11-10(12,4-21(17,18)19)3-20-9(16)6-1-5(13)2-7(14)8(6)15/h1-2H,3-4H2,(H,17,18,19). The summed E-state index contributed by atoms with van der Waals surface area (Å²) in [5.41, 5.74) is 0.120. The summed E-state index contributed by atoms with van der Waals surface area (Å²) >= 11 is 5.84. The van der Waals surface area contributed by atoms with E-state index < -0.39 is 34.4 Å². The first kappa shape index (κ1) is 19.7. The van der Waals surface area contributed by atoms with Gasteiger partial charge in [-0.05, 0) is 79.9 Å². The second kappa shape index (κ2) is 7.48. The Hall–Kier alpha value is 0.650. The SMILES string of the molecule is O=C(OCC(F)(F)CS(=O)(=O)O)c1cc(I)cc(I)c1I. The van der Waals surface area contributed by atoms with Crippen molar-refractivity contribution in [3.05, 3.63) is 28.4 Å². The van der Waals surface area contributed by atoms with Crippen molar-refractivity contribution in [1.82, 2.24) is 0 Å². The normalized spacial score (nSPS) is 12.3. The van der Waals surface area contributed by atoms with Crippen LogP contribution in [0, 0.1) is 10.7 Å². The Labute approximate surface area is 160 Å². The Kier molecular flexibility index (Phi) is 7.02. The molecular weight excluding hydrogens is 651 g/mol. The van der Waals surface area contributed by atoms with Gasteiger partial charge in [0.25, 0.3) is 16.0 Å². The first-order valence-electron chi connectivity index (χ1n) is 5.06. The molecule has 0 aliphatic heterocycles. The van der Waals surface area contributed by atoms with Crippen molar-refractivity contribution in [2.75, 3.05) is 12.4 Å². The van der Waals surface area contributed by atoms with E-state index in [1.165, 1.54) is 6.07 Å². The maximum absolute atomic E-state index is 13.2. The van der Waals surface area contributed by atoms with Gasteiger partial charge >= 0.3 is 5.97 Å². The maximum atomic E-state index is 13.2. The lowest BCUT2D eigenvalue weighted by molar-refractivity contribution is -0.0449. The molecule has 0 heterocycles. The Balaban J connectivity index is 2.84. The summed E-state index contributed by atoms with van der Waals surface area (Å²) in [4.78, 5) is 11.8. The number of hydrogen-bond acceptors (Lipinski definition) is 4. The first-order chi connectivity index (χ1) is 9.41. The van der Waals surface area contributed by atoms with Crippen LogP contribution in [0.25, 0.3) is 0 Å². The Bertz CT molecular complexity index is 663. The van der Waals surface area contributed by atoms with Gasteiger partial charge in [-0.2, -0.15) is 8.42 Å². The van der Waals surface area contributed by atoms with Crippen LogP contribution in [0.4, 0.5) is 8.78 Å². The molecule has 118 valence electrons. The number of halogens is 5. The van der Waals surface area contributed by atoms with Crippen LogP contribution < -0.4 is 0 Å². The van der Waals surface area contributed by atoms with Crippen molar-refractivity contribution in [3.8, 4) is 0 Å². The Morgan fingerprint density at radius 3 is 2.38 bits per heavy atom. The second-order valence-corrected chi connectivity index (χ2v) is 8.85. The molecule has 1 aromatic rings. The molecule has 0 unspecified atom stereocenters. The van der Waals surface area contributed by atoms with E-state index in [4.69, 9.17) is 4.55 Å². The zero-order valence-electron chi connectivity index (χ0n) is 9.95. The molecule has 0 spiro atoms.